The molecule has 4 N–H and O–H groups in total. The molecular weight excluding hydrogens is 390 g/mol. The first-order valence-corrected chi connectivity index (χ1v) is 9.70. The number of sulfonamides is 1. The van der Waals surface area contributed by atoms with Gasteiger partial charge in [0.25, 0.3) is 15.9 Å². The molecule has 9 heteroatoms. The number of carbonyl (C=O) groups is 1. The van der Waals surface area contributed by atoms with E-state index in [-0.39, 0.29) is 23.2 Å². The molecule has 27 heavy (non-hydrogen) atoms. The number of amides is 1. The maximum Gasteiger partial charge on any atom is 0.261 e. The fourth-order valence-electron chi connectivity index (χ4n) is 2.23. The van der Waals surface area contributed by atoms with Crippen LogP contribution in [0, 0.1) is 0 Å². The summed E-state index contributed by atoms with van der Waals surface area (Å²) in [7, 11) is -2.20. The standard InChI is InChI=1S/C18H23N3O4S.ClH/c1-25-16-8-6-15(7-9-16)21-26(23,24)17-10-4-14(5-11-17)18(22)20-13-3-2-12-19;/h4-11,21H,2-3,12-13,19H2,1H3,(H,20,22);1H. The van der Waals surface area contributed by atoms with Crippen LogP contribution in [-0.4, -0.2) is 34.5 Å². The van der Waals surface area contributed by atoms with Gasteiger partial charge in [0.2, 0.25) is 0 Å². The Morgan fingerprint density at radius 1 is 1.04 bits per heavy atom. The first-order valence-electron chi connectivity index (χ1n) is 8.21. The molecule has 0 aromatic heterocycles. The summed E-state index contributed by atoms with van der Waals surface area (Å²) in [4.78, 5) is 12.1. The number of benzene rings is 2. The Kier molecular flexibility index (Phi) is 9.07. The van der Waals surface area contributed by atoms with Crippen LogP contribution >= 0.6 is 12.4 Å². The van der Waals surface area contributed by atoms with Gasteiger partial charge in [-0.1, -0.05) is 0 Å². The molecule has 0 bridgehead atoms. The summed E-state index contributed by atoms with van der Waals surface area (Å²) in [6.45, 7) is 1.12. The van der Waals surface area contributed by atoms with E-state index in [9.17, 15) is 13.2 Å². The van der Waals surface area contributed by atoms with Gasteiger partial charge in [-0.25, -0.2) is 8.42 Å². The summed E-state index contributed by atoms with van der Waals surface area (Å²) in [6.07, 6.45) is 1.65. The van der Waals surface area contributed by atoms with E-state index in [1.807, 2.05) is 0 Å². The van der Waals surface area contributed by atoms with Crippen LogP contribution < -0.4 is 20.5 Å². The SMILES string of the molecule is COc1ccc(NS(=O)(=O)c2ccc(C(=O)NCCCCN)cc2)cc1.Cl. The minimum atomic E-state index is -3.74. The smallest absolute Gasteiger partial charge is 0.261 e. The molecule has 0 saturated heterocycles. The van der Waals surface area contributed by atoms with E-state index in [4.69, 9.17) is 10.5 Å². The number of hydrogen-bond acceptors (Lipinski definition) is 5. The summed E-state index contributed by atoms with van der Waals surface area (Å²) < 4.78 is 32.4. The maximum atomic E-state index is 12.4. The zero-order chi connectivity index (χ0) is 19.0. The van der Waals surface area contributed by atoms with Gasteiger partial charge >= 0.3 is 0 Å². The van der Waals surface area contributed by atoms with Crippen molar-refractivity contribution in [1.82, 2.24) is 5.32 Å². The van der Waals surface area contributed by atoms with Crippen LogP contribution in [0.1, 0.15) is 23.2 Å². The molecule has 0 saturated carbocycles. The van der Waals surface area contributed by atoms with E-state index in [0.717, 1.165) is 12.8 Å². The van der Waals surface area contributed by atoms with Crippen molar-refractivity contribution in [2.24, 2.45) is 5.73 Å². The van der Waals surface area contributed by atoms with Gasteiger partial charge in [-0.05, 0) is 67.9 Å². The minimum Gasteiger partial charge on any atom is -0.497 e. The Balaban J connectivity index is 0.00000364. The number of methoxy groups -OCH3 is 1. The molecule has 148 valence electrons. The summed E-state index contributed by atoms with van der Waals surface area (Å²) in [5.41, 5.74) is 6.23. The van der Waals surface area contributed by atoms with E-state index >= 15 is 0 Å². The van der Waals surface area contributed by atoms with Gasteiger partial charge in [-0.15, -0.1) is 12.4 Å². The van der Waals surface area contributed by atoms with E-state index in [2.05, 4.69) is 10.0 Å². The second-order valence-electron chi connectivity index (χ2n) is 5.61. The quantitative estimate of drug-likeness (QED) is 0.546. The average molecular weight is 414 g/mol. The van der Waals surface area contributed by atoms with Gasteiger partial charge in [0.1, 0.15) is 5.75 Å². The first-order chi connectivity index (χ1) is 12.5. The minimum absolute atomic E-state index is 0. The Morgan fingerprint density at radius 2 is 1.67 bits per heavy atom. The van der Waals surface area contributed by atoms with Crippen molar-refractivity contribution in [3.05, 3.63) is 54.1 Å². The predicted octanol–water partition coefficient (Wildman–Crippen LogP) is 2.39. The highest BCUT2D eigenvalue weighted by molar-refractivity contribution is 7.92. The normalized spacial score (nSPS) is 10.6. The lowest BCUT2D eigenvalue weighted by atomic mass is 10.2. The van der Waals surface area contributed by atoms with Crippen molar-refractivity contribution in [2.75, 3.05) is 24.9 Å². The van der Waals surface area contributed by atoms with Crippen molar-refractivity contribution in [2.45, 2.75) is 17.7 Å². The lowest BCUT2D eigenvalue weighted by Gasteiger charge is -2.10. The zero-order valence-electron chi connectivity index (χ0n) is 15.0. The second-order valence-corrected chi connectivity index (χ2v) is 7.29. The van der Waals surface area contributed by atoms with Gasteiger partial charge in [0.05, 0.1) is 12.0 Å². The van der Waals surface area contributed by atoms with Crippen molar-refractivity contribution in [3.8, 4) is 5.75 Å². The molecule has 0 aliphatic heterocycles. The zero-order valence-corrected chi connectivity index (χ0v) is 16.6. The number of carbonyl (C=O) groups excluding carboxylic acids is 1. The lowest BCUT2D eigenvalue weighted by Crippen LogP contribution is -2.25. The highest BCUT2D eigenvalue weighted by atomic mass is 35.5. The molecule has 0 fully saturated rings. The number of ether oxygens (including phenoxy) is 1. The van der Waals surface area contributed by atoms with Crippen LogP contribution in [0.15, 0.2) is 53.4 Å². The van der Waals surface area contributed by atoms with E-state index in [0.29, 0.717) is 30.1 Å². The Morgan fingerprint density at radius 3 is 2.22 bits per heavy atom. The van der Waals surface area contributed by atoms with Gasteiger partial charge in [-0.2, -0.15) is 0 Å². The molecule has 0 atom stereocenters. The number of hydrogen-bond donors (Lipinski definition) is 3. The third kappa shape index (κ3) is 6.74. The van der Waals surface area contributed by atoms with E-state index < -0.39 is 10.0 Å². The molecule has 2 rings (SSSR count). The molecular formula is C18H24ClN3O4S. The number of anilines is 1. The number of rotatable bonds is 9. The third-order valence-corrected chi connectivity index (χ3v) is 5.08. The highest BCUT2D eigenvalue weighted by Gasteiger charge is 2.15. The summed E-state index contributed by atoms with van der Waals surface area (Å²) in [5.74, 6) is 0.392. The fourth-order valence-corrected chi connectivity index (χ4v) is 3.29. The lowest BCUT2D eigenvalue weighted by molar-refractivity contribution is 0.0953. The van der Waals surface area contributed by atoms with Crippen LogP contribution in [0.2, 0.25) is 0 Å². The topological polar surface area (TPSA) is 111 Å². The summed E-state index contributed by atoms with van der Waals surface area (Å²) in [5, 5.41) is 2.77. The Hall–Kier alpha value is -2.29. The first kappa shape index (κ1) is 22.8. The number of nitrogens with one attached hydrogen (secondary N) is 2. The molecule has 0 heterocycles. The number of unbranched alkanes of at least 4 members (excludes halogenated alkanes) is 1. The molecule has 0 aliphatic carbocycles. The van der Waals surface area contributed by atoms with Crippen LogP contribution in [0.5, 0.6) is 5.75 Å². The van der Waals surface area contributed by atoms with Crippen molar-refractivity contribution in [1.29, 1.82) is 0 Å². The monoisotopic (exact) mass is 413 g/mol. The third-order valence-electron chi connectivity index (χ3n) is 3.69. The Labute approximate surface area is 165 Å². The molecule has 7 nitrogen and oxygen atoms in total. The van der Waals surface area contributed by atoms with Crippen molar-refractivity contribution in [3.63, 3.8) is 0 Å². The molecule has 0 spiro atoms. The van der Waals surface area contributed by atoms with Gasteiger partial charge < -0.3 is 15.8 Å². The van der Waals surface area contributed by atoms with Gasteiger partial charge in [-0.3, -0.25) is 9.52 Å². The van der Waals surface area contributed by atoms with Crippen LogP contribution in [0.25, 0.3) is 0 Å². The molecule has 0 radical (unpaired) electrons. The maximum absolute atomic E-state index is 12.4. The largest absolute Gasteiger partial charge is 0.497 e. The number of nitrogens with two attached hydrogens (primary N) is 1. The molecule has 2 aromatic carbocycles. The number of halogens is 1. The highest BCUT2D eigenvalue weighted by Crippen LogP contribution is 2.19. The van der Waals surface area contributed by atoms with E-state index in [1.165, 1.54) is 31.4 Å². The predicted molar refractivity (Wildman–Crippen MR) is 108 cm³/mol. The summed E-state index contributed by atoms with van der Waals surface area (Å²) in [6, 6.07) is 12.3. The van der Waals surface area contributed by atoms with Gasteiger partial charge in [0.15, 0.2) is 0 Å². The fraction of sp³-hybridized carbons (Fsp3) is 0.278. The van der Waals surface area contributed by atoms with Crippen molar-refractivity contribution >= 4 is 34.0 Å². The summed E-state index contributed by atoms with van der Waals surface area (Å²) >= 11 is 0. The van der Waals surface area contributed by atoms with E-state index in [1.54, 1.807) is 24.3 Å². The van der Waals surface area contributed by atoms with Gasteiger partial charge in [0, 0.05) is 17.8 Å². The van der Waals surface area contributed by atoms with Crippen LogP contribution in [-0.2, 0) is 10.0 Å². The molecule has 2 aromatic rings. The van der Waals surface area contributed by atoms with Crippen molar-refractivity contribution < 1.29 is 17.9 Å². The molecule has 0 aliphatic rings. The molecule has 0 unspecified atom stereocenters. The molecule has 1 amide bonds. The van der Waals surface area contributed by atoms with Crippen LogP contribution in [0.4, 0.5) is 5.69 Å². The Bertz CT molecular complexity index is 825. The average Bonchev–Trinajstić information content (AvgIpc) is 2.65. The second kappa shape index (κ2) is 10.8. The van der Waals surface area contributed by atoms with Crippen LogP contribution in [0.3, 0.4) is 0 Å².